The van der Waals surface area contributed by atoms with Crippen LogP contribution >= 0.6 is 0 Å². The number of aromatic nitrogens is 10. The first kappa shape index (κ1) is 26.6. The molecule has 0 radical (unpaired) electrons. The SMILES string of the molecule is CC(C)n1nc(-c2cc3cc(O)cc(CC(C)n4nc(-c5cccc6[nH]ccc56)c5c(N)ncnc54)c3[nH]2)c2c(N)ncnc21. The lowest BCUT2D eigenvalue weighted by Gasteiger charge is -2.14. The normalized spacial score (nSPS) is 12.8. The molecular weight excluding hydrogens is 568 g/mol. The van der Waals surface area contributed by atoms with Crippen LogP contribution in [0.3, 0.4) is 0 Å². The fourth-order valence-electron chi connectivity index (χ4n) is 6.32. The van der Waals surface area contributed by atoms with Crippen molar-refractivity contribution < 1.29 is 5.11 Å². The molecule has 7 N–H and O–H groups in total. The van der Waals surface area contributed by atoms with Crippen molar-refractivity contribution >= 4 is 55.5 Å². The van der Waals surface area contributed by atoms with Crippen molar-refractivity contribution in [3.63, 3.8) is 0 Å². The summed E-state index contributed by atoms with van der Waals surface area (Å²) in [4.78, 5) is 24.4. The summed E-state index contributed by atoms with van der Waals surface area (Å²) in [6.45, 7) is 6.15. The molecule has 0 aliphatic rings. The summed E-state index contributed by atoms with van der Waals surface area (Å²) in [5.74, 6) is 0.883. The van der Waals surface area contributed by atoms with E-state index in [0.717, 1.165) is 44.3 Å². The maximum absolute atomic E-state index is 10.8. The predicted molar refractivity (Wildman–Crippen MR) is 175 cm³/mol. The van der Waals surface area contributed by atoms with Crippen molar-refractivity contribution in [1.82, 2.24) is 49.5 Å². The van der Waals surface area contributed by atoms with E-state index in [0.29, 0.717) is 45.8 Å². The number of benzene rings is 2. The fourth-order valence-corrected chi connectivity index (χ4v) is 6.32. The minimum Gasteiger partial charge on any atom is -0.508 e. The van der Waals surface area contributed by atoms with Gasteiger partial charge in [-0.15, -0.1) is 0 Å². The number of hydrogen-bond acceptors (Lipinski definition) is 9. The molecule has 0 amide bonds. The van der Waals surface area contributed by atoms with Crippen LogP contribution in [0.2, 0.25) is 0 Å². The van der Waals surface area contributed by atoms with E-state index < -0.39 is 0 Å². The Bertz CT molecular complexity index is 2410. The van der Waals surface area contributed by atoms with Gasteiger partial charge in [-0.1, -0.05) is 12.1 Å². The zero-order valence-corrected chi connectivity index (χ0v) is 24.8. The van der Waals surface area contributed by atoms with Crippen LogP contribution < -0.4 is 11.5 Å². The number of aromatic amines is 2. The summed E-state index contributed by atoms with van der Waals surface area (Å²) in [5.41, 5.74) is 19.9. The molecule has 0 saturated carbocycles. The number of phenolic OH excluding ortho intramolecular Hbond substituents is 1. The molecule has 0 aliphatic carbocycles. The Hall–Kier alpha value is -5.98. The molecule has 224 valence electrons. The summed E-state index contributed by atoms with van der Waals surface area (Å²) in [7, 11) is 0. The molecule has 0 fully saturated rings. The first-order valence-corrected chi connectivity index (χ1v) is 14.7. The van der Waals surface area contributed by atoms with Crippen molar-refractivity contribution in [2.75, 3.05) is 11.5 Å². The highest BCUT2D eigenvalue weighted by molar-refractivity contribution is 6.05. The number of nitrogens with one attached hydrogen (secondary N) is 2. The van der Waals surface area contributed by atoms with Gasteiger partial charge in [0.05, 0.1) is 22.5 Å². The van der Waals surface area contributed by atoms with E-state index in [-0.39, 0.29) is 17.8 Å². The van der Waals surface area contributed by atoms with Crippen LogP contribution in [0, 0.1) is 0 Å². The molecule has 6 aromatic heterocycles. The first-order valence-electron chi connectivity index (χ1n) is 14.7. The second kappa shape index (κ2) is 9.77. The number of phenols is 1. The number of hydrogen-bond donors (Lipinski definition) is 5. The maximum atomic E-state index is 10.8. The number of anilines is 2. The van der Waals surface area contributed by atoms with Gasteiger partial charge in [0.2, 0.25) is 0 Å². The highest BCUT2D eigenvalue weighted by atomic mass is 16.3. The Labute approximate surface area is 256 Å². The summed E-state index contributed by atoms with van der Waals surface area (Å²) in [6, 6.07) is 13.4. The molecule has 0 spiro atoms. The number of fused-ring (bicyclic) bond motifs is 4. The van der Waals surface area contributed by atoms with Crippen molar-refractivity contribution in [1.29, 1.82) is 0 Å². The number of aromatic hydroxyl groups is 1. The molecule has 13 heteroatoms. The van der Waals surface area contributed by atoms with Crippen molar-refractivity contribution in [3.8, 4) is 28.4 Å². The van der Waals surface area contributed by atoms with Gasteiger partial charge < -0.3 is 26.5 Å². The Morgan fingerprint density at radius 3 is 2.31 bits per heavy atom. The first-order chi connectivity index (χ1) is 21.8. The van der Waals surface area contributed by atoms with Crippen LogP contribution in [0.4, 0.5) is 11.6 Å². The minimum absolute atomic E-state index is 0.0660. The Morgan fingerprint density at radius 2 is 1.56 bits per heavy atom. The van der Waals surface area contributed by atoms with Gasteiger partial charge in [-0.2, -0.15) is 10.2 Å². The molecule has 0 bridgehead atoms. The van der Waals surface area contributed by atoms with Crippen LogP contribution in [0.5, 0.6) is 5.75 Å². The Balaban J connectivity index is 1.24. The van der Waals surface area contributed by atoms with E-state index in [2.05, 4.69) is 36.8 Å². The molecule has 8 aromatic rings. The van der Waals surface area contributed by atoms with E-state index in [1.807, 2.05) is 59.7 Å². The second-order valence-electron chi connectivity index (χ2n) is 11.6. The van der Waals surface area contributed by atoms with Crippen LogP contribution in [0.25, 0.3) is 66.5 Å². The van der Waals surface area contributed by atoms with E-state index in [1.165, 1.54) is 12.7 Å². The third kappa shape index (κ3) is 4.08. The second-order valence-corrected chi connectivity index (χ2v) is 11.6. The van der Waals surface area contributed by atoms with Crippen molar-refractivity contribution in [2.45, 2.75) is 39.3 Å². The average molecular weight is 599 g/mol. The molecule has 0 saturated heterocycles. The molecule has 6 heterocycles. The van der Waals surface area contributed by atoms with Crippen LogP contribution in [-0.2, 0) is 6.42 Å². The number of nitrogen functional groups attached to an aromatic ring is 2. The molecular formula is C32H30N12O. The van der Waals surface area contributed by atoms with Gasteiger partial charge in [0.15, 0.2) is 11.3 Å². The number of rotatable bonds is 6. The highest BCUT2D eigenvalue weighted by Crippen LogP contribution is 2.38. The third-order valence-electron chi connectivity index (χ3n) is 8.36. The average Bonchev–Trinajstić information content (AvgIpc) is 3.80. The quantitative estimate of drug-likeness (QED) is 0.164. The zero-order valence-electron chi connectivity index (χ0n) is 24.8. The number of H-pyrrole nitrogens is 2. The standard InChI is InChI=1S/C32H30N12O/c1-15(2)43-31-25(30(34)37-13-38-31)28(42-43)23-12-18-11-19(45)10-17(26(18)40-23)9-16(3)44-32-24(29(33)36-14-39-32)27(41-44)21-5-4-6-22-20(21)7-8-35-22/h4-8,10-16,35,40,45H,9H2,1-3H3,(H2,33,36,39)(H2,34,37,38). The molecule has 2 aromatic carbocycles. The van der Waals surface area contributed by atoms with E-state index >= 15 is 0 Å². The van der Waals surface area contributed by atoms with Gasteiger partial charge in [0, 0.05) is 39.6 Å². The topological polar surface area (TPSA) is 191 Å². The summed E-state index contributed by atoms with van der Waals surface area (Å²) in [5, 5.41) is 24.0. The van der Waals surface area contributed by atoms with E-state index in [1.54, 1.807) is 12.1 Å². The van der Waals surface area contributed by atoms with Gasteiger partial charge >= 0.3 is 0 Å². The van der Waals surface area contributed by atoms with Gasteiger partial charge in [0.25, 0.3) is 0 Å². The lowest BCUT2D eigenvalue weighted by molar-refractivity contribution is 0.472. The third-order valence-corrected chi connectivity index (χ3v) is 8.36. The molecule has 13 nitrogen and oxygen atoms in total. The largest absolute Gasteiger partial charge is 0.508 e. The van der Waals surface area contributed by atoms with Crippen LogP contribution in [-0.4, -0.2) is 54.6 Å². The van der Waals surface area contributed by atoms with Crippen LogP contribution in [0.15, 0.2) is 61.3 Å². The van der Waals surface area contributed by atoms with E-state index in [4.69, 9.17) is 21.7 Å². The lowest BCUT2D eigenvalue weighted by Crippen LogP contribution is -2.11. The smallest absolute Gasteiger partial charge is 0.164 e. The van der Waals surface area contributed by atoms with Crippen LogP contribution in [0.1, 0.15) is 38.4 Å². The fraction of sp³-hybridized carbons (Fsp3) is 0.188. The number of nitrogens with zero attached hydrogens (tertiary/aromatic N) is 8. The summed E-state index contributed by atoms with van der Waals surface area (Å²) in [6.07, 6.45) is 5.35. The highest BCUT2D eigenvalue weighted by Gasteiger charge is 2.24. The van der Waals surface area contributed by atoms with Gasteiger partial charge in [-0.05, 0) is 63.1 Å². The molecule has 8 rings (SSSR count). The summed E-state index contributed by atoms with van der Waals surface area (Å²) < 4.78 is 3.74. The zero-order chi connectivity index (χ0) is 31.0. The van der Waals surface area contributed by atoms with Gasteiger partial charge in [0.1, 0.15) is 41.4 Å². The molecule has 1 atom stereocenters. The Morgan fingerprint density at radius 1 is 0.844 bits per heavy atom. The predicted octanol–water partition coefficient (Wildman–Crippen LogP) is 5.52. The molecule has 45 heavy (non-hydrogen) atoms. The lowest BCUT2D eigenvalue weighted by atomic mass is 10.0. The van der Waals surface area contributed by atoms with Gasteiger partial charge in [-0.25, -0.2) is 29.3 Å². The van der Waals surface area contributed by atoms with E-state index in [9.17, 15) is 5.11 Å². The molecule has 1 unspecified atom stereocenters. The summed E-state index contributed by atoms with van der Waals surface area (Å²) >= 11 is 0. The van der Waals surface area contributed by atoms with Crippen molar-refractivity contribution in [3.05, 3.63) is 66.9 Å². The minimum atomic E-state index is -0.164. The van der Waals surface area contributed by atoms with Gasteiger partial charge in [-0.3, -0.25) is 0 Å². The maximum Gasteiger partial charge on any atom is 0.164 e. The number of nitrogens with two attached hydrogens (primary N) is 2. The monoisotopic (exact) mass is 598 g/mol. The van der Waals surface area contributed by atoms with Crippen molar-refractivity contribution in [2.24, 2.45) is 0 Å². The molecule has 0 aliphatic heterocycles. The Kier molecular flexibility index (Phi) is 5.78.